The summed E-state index contributed by atoms with van der Waals surface area (Å²) >= 11 is 0. The van der Waals surface area contributed by atoms with Crippen LogP contribution in [0.3, 0.4) is 0 Å². The first kappa shape index (κ1) is 14.6. The lowest BCUT2D eigenvalue weighted by Crippen LogP contribution is -2.36. The Morgan fingerprint density at radius 2 is 1.90 bits per heavy atom. The van der Waals surface area contributed by atoms with Crippen molar-refractivity contribution >= 4 is 17.0 Å². The van der Waals surface area contributed by atoms with E-state index in [-0.39, 0.29) is 0 Å². The van der Waals surface area contributed by atoms with E-state index in [1.54, 1.807) is 4.57 Å². The highest BCUT2D eigenvalue weighted by Crippen LogP contribution is 2.16. The van der Waals surface area contributed by atoms with Crippen molar-refractivity contribution in [1.82, 2.24) is 4.57 Å². The van der Waals surface area contributed by atoms with Gasteiger partial charge in [-0.25, -0.2) is 13.9 Å². The monoisotopic (exact) mass is 275 g/mol. The summed E-state index contributed by atoms with van der Waals surface area (Å²) in [4.78, 5) is 11.5. The predicted molar refractivity (Wildman–Crippen MR) is 78.8 cm³/mol. The van der Waals surface area contributed by atoms with E-state index in [9.17, 15) is 9.90 Å². The van der Waals surface area contributed by atoms with Crippen LogP contribution < -0.4 is 4.57 Å². The molecule has 0 amide bonds. The van der Waals surface area contributed by atoms with Crippen molar-refractivity contribution in [2.45, 2.75) is 45.6 Å². The molecule has 4 nitrogen and oxygen atoms in total. The maximum absolute atomic E-state index is 11.5. The van der Waals surface area contributed by atoms with E-state index >= 15 is 0 Å². The molecule has 1 N–H and O–H groups in total. The molecule has 2 aromatic rings. The summed E-state index contributed by atoms with van der Waals surface area (Å²) < 4.78 is 3.70. The average molecular weight is 275 g/mol. The zero-order chi connectivity index (χ0) is 14.5. The molecular formula is C16H23N2O2+. The van der Waals surface area contributed by atoms with Crippen molar-refractivity contribution in [2.24, 2.45) is 7.05 Å². The Morgan fingerprint density at radius 1 is 1.20 bits per heavy atom. The third-order valence-electron chi connectivity index (χ3n) is 3.78. The van der Waals surface area contributed by atoms with Gasteiger partial charge in [0.15, 0.2) is 11.0 Å². The number of hydrogen-bond donors (Lipinski definition) is 1. The first-order valence-electron chi connectivity index (χ1n) is 7.37. The second kappa shape index (κ2) is 6.55. The number of fused-ring (bicyclic) bond motifs is 1. The molecule has 0 aliphatic carbocycles. The second-order valence-electron chi connectivity index (χ2n) is 5.24. The molecule has 1 aromatic carbocycles. The minimum absolute atomic E-state index is 0.363. The number of rotatable bonds is 7. The Balaban J connectivity index is 2.26. The Labute approximate surface area is 119 Å². The Morgan fingerprint density at radius 3 is 2.60 bits per heavy atom. The standard InChI is InChI=1S/C16H22N2O2/c1-3-4-5-6-9-12-18-14-11-8-7-10-13(14)17(2)15(18)16(19)20/h7-8,10-11H,3-6,9,12H2,1-2H3/p+1. The third kappa shape index (κ3) is 2.84. The molecule has 1 heterocycles. The van der Waals surface area contributed by atoms with Crippen molar-refractivity contribution in [1.29, 1.82) is 0 Å². The van der Waals surface area contributed by atoms with Crippen LogP contribution in [0.4, 0.5) is 0 Å². The number of carboxylic acid groups (broad SMARTS) is 1. The third-order valence-corrected chi connectivity index (χ3v) is 3.78. The molecule has 0 radical (unpaired) electrons. The zero-order valence-corrected chi connectivity index (χ0v) is 12.3. The number of carbonyl (C=O) groups is 1. The van der Waals surface area contributed by atoms with Crippen molar-refractivity contribution in [2.75, 3.05) is 0 Å². The lowest BCUT2D eigenvalue weighted by atomic mass is 10.1. The summed E-state index contributed by atoms with van der Waals surface area (Å²) in [6.07, 6.45) is 5.89. The molecule has 108 valence electrons. The molecule has 4 heteroatoms. The van der Waals surface area contributed by atoms with Gasteiger partial charge in [-0.2, -0.15) is 0 Å². The molecule has 0 saturated carbocycles. The maximum Gasteiger partial charge on any atom is 0.419 e. The number of nitrogens with zero attached hydrogens (tertiary/aromatic N) is 2. The van der Waals surface area contributed by atoms with Crippen LogP contribution in [0.15, 0.2) is 24.3 Å². The molecule has 0 bridgehead atoms. The highest BCUT2D eigenvalue weighted by atomic mass is 16.4. The quantitative estimate of drug-likeness (QED) is 0.623. The van der Waals surface area contributed by atoms with Crippen LogP contribution in [-0.2, 0) is 13.6 Å². The molecule has 1 aromatic heterocycles. The molecule has 20 heavy (non-hydrogen) atoms. The van der Waals surface area contributed by atoms with Gasteiger partial charge in [0.1, 0.15) is 0 Å². The Bertz CT molecular complexity index is 602. The first-order valence-corrected chi connectivity index (χ1v) is 7.37. The molecule has 0 aliphatic heterocycles. The van der Waals surface area contributed by atoms with Gasteiger partial charge in [0, 0.05) is 0 Å². The summed E-state index contributed by atoms with van der Waals surface area (Å²) in [5.41, 5.74) is 1.97. The van der Waals surface area contributed by atoms with Gasteiger partial charge in [-0.05, 0) is 25.0 Å². The van der Waals surface area contributed by atoms with Crippen LogP contribution in [0.25, 0.3) is 11.0 Å². The van der Waals surface area contributed by atoms with E-state index in [2.05, 4.69) is 6.92 Å². The van der Waals surface area contributed by atoms with Gasteiger partial charge in [0.25, 0.3) is 0 Å². The van der Waals surface area contributed by atoms with Crippen LogP contribution >= 0.6 is 0 Å². The number of aromatic carboxylic acids is 1. The van der Waals surface area contributed by atoms with Crippen LogP contribution in [0.2, 0.25) is 0 Å². The maximum atomic E-state index is 11.5. The van der Waals surface area contributed by atoms with Gasteiger partial charge in [0.2, 0.25) is 0 Å². The van der Waals surface area contributed by atoms with E-state index in [1.165, 1.54) is 19.3 Å². The molecule has 0 saturated heterocycles. The Hall–Kier alpha value is -1.84. The van der Waals surface area contributed by atoms with Crippen LogP contribution in [0.1, 0.15) is 49.6 Å². The van der Waals surface area contributed by atoms with Gasteiger partial charge < -0.3 is 5.11 Å². The molecule has 0 atom stereocenters. The van der Waals surface area contributed by atoms with Crippen LogP contribution in [0.5, 0.6) is 0 Å². The highest BCUT2D eigenvalue weighted by molar-refractivity contribution is 5.86. The zero-order valence-electron chi connectivity index (χ0n) is 12.3. The summed E-state index contributed by atoms with van der Waals surface area (Å²) in [5, 5.41) is 9.45. The van der Waals surface area contributed by atoms with Crippen LogP contribution in [0, 0.1) is 0 Å². The number of unbranched alkanes of at least 4 members (excludes halogenated alkanes) is 4. The van der Waals surface area contributed by atoms with E-state index in [1.807, 2.05) is 35.9 Å². The number of aromatic nitrogens is 2. The topological polar surface area (TPSA) is 46.1 Å². The number of benzene rings is 1. The number of carboxylic acids is 1. The van der Waals surface area contributed by atoms with Gasteiger partial charge in [-0.1, -0.05) is 38.3 Å². The summed E-state index contributed by atoms with van der Waals surface area (Å²) in [6, 6.07) is 7.87. The predicted octanol–water partition coefficient (Wildman–Crippen LogP) is 3.13. The van der Waals surface area contributed by atoms with E-state index < -0.39 is 5.97 Å². The summed E-state index contributed by atoms with van der Waals surface area (Å²) in [5.74, 6) is -0.501. The van der Waals surface area contributed by atoms with Gasteiger partial charge in [0.05, 0.1) is 13.6 Å². The fourth-order valence-electron chi connectivity index (χ4n) is 2.74. The molecule has 0 aliphatic rings. The number of imidazole rings is 1. The first-order chi connectivity index (χ1) is 9.66. The minimum atomic E-state index is -0.864. The Kier molecular flexibility index (Phi) is 4.77. The lowest BCUT2D eigenvalue weighted by molar-refractivity contribution is -0.648. The van der Waals surface area contributed by atoms with Gasteiger partial charge >= 0.3 is 11.8 Å². The molecule has 0 unspecified atom stereocenters. The highest BCUT2D eigenvalue weighted by Gasteiger charge is 2.27. The van der Waals surface area contributed by atoms with Crippen molar-refractivity contribution in [3.63, 3.8) is 0 Å². The van der Waals surface area contributed by atoms with Gasteiger partial charge in [-0.15, -0.1) is 0 Å². The fraction of sp³-hybridized carbons (Fsp3) is 0.500. The molecule has 0 spiro atoms. The van der Waals surface area contributed by atoms with Gasteiger partial charge in [-0.3, -0.25) is 0 Å². The van der Waals surface area contributed by atoms with E-state index in [4.69, 9.17) is 0 Å². The summed E-state index contributed by atoms with van der Waals surface area (Å²) in [7, 11) is 1.82. The number of hydrogen-bond acceptors (Lipinski definition) is 1. The largest absolute Gasteiger partial charge is 0.472 e. The van der Waals surface area contributed by atoms with Crippen molar-refractivity contribution < 1.29 is 14.5 Å². The average Bonchev–Trinajstić information content (AvgIpc) is 2.72. The van der Waals surface area contributed by atoms with Crippen molar-refractivity contribution in [3.8, 4) is 0 Å². The van der Waals surface area contributed by atoms with Crippen LogP contribution in [-0.4, -0.2) is 15.6 Å². The van der Waals surface area contributed by atoms with Crippen molar-refractivity contribution in [3.05, 3.63) is 30.1 Å². The van der Waals surface area contributed by atoms with E-state index in [0.29, 0.717) is 5.82 Å². The SMILES string of the molecule is CCCCCCCn1c(C(=O)O)[n+](C)c2ccccc21. The summed E-state index contributed by atoms with van der Waals surface area (Å²) in [6.45, 7) is 2.97. The number of aryl methyl sites for hydroxylation is 2. The lowest BCUT2D eigenvalue weighted by Gasteiger charge is -2.01. The molecular weight excluding hydrogens is 252 g/mol. The fourth-order valence-corrected chi connectivity index (χ4v) is 2.74. The minimum Gasteiger partial charge on any atom is -0.472 e. The van der Waals surface area contributed by atoms with E-state index in [0.717, 1.165) is 30.4 Å². The normalized spacial score (nSPS) is 11.1. The molecule has 2 rings (SSSR count). The number of para-hydroxylation sites is 2. The second-order valence-corrected chi connectivity index (χ2v) is 5.24. The molecule has 0 fully saturated rings. The smallest absolute Gasteiger partial charge is 0.419 e.